The third-order valence-electron chi connectivity index (χ3n) is 7.63. The van der Waals surface area contributed by atoms with Gasteiger partial charge in [-0.05, 0) is 77.0 Å². The highest BCUT2D eigenvalue weighted by Crippen LogP contribution is 2.60. The van der Waals surface area contributed by atoms with Crippen LogP contribution in [0.4, 0.5) is 0 Å². The van der Waals surface area contributed by atoms with Crippen LogP contribution in [0.25, 0.3) is 0 Å². The van der Waals surface area contributed by atoms with Crippen LogP contribution in [-0.4, -0.2) is 43.1 Å². The maximum atomic E-state index is 12.9. The van der Waals surface area contributed by atoms with E-state index in [2.05, 4.69) is 26.1 Å². The quantitative estimate of drug-likeness (QED) is 0.537. The minimum atomic E-state index is 0.0287. The maximum absolute atomic E-state index is 12.9. The third-order valence-corrected chi connectivity index (χ3v) is 7.63. The van der Waals surface area contributed by atoms with Gasteiger partial charge in [-0.25, -0.2) is 0 Å². The predicted octanol–water partition coefficient (Wildman–Crippen LogP) is 3.59. The lowest BCUT2D eigenvalue weighted by molar-refractivity contribution is -0.923. The van der Waals surface area contributed by atoms with E-state index in [9.17, 15) is 4.79 Å². The lowest BCUT2D eigenvalue weighted by Crippen LogP contribution is -2.54. The van der Waals surface area contributed by atoms with Gasteiger partial charge in [-0.15, -0.1) is 0 Å². The summed E-state index contributed by atoms with van der Waals surface area (Å²) in [6.07, 6.45) is 8.91. The molecule has 23 heavy (non-hydrogen) atoms. The molecule has 0 aromatic rings. The summed E-state index contributed by atoms with van der Waals surface area (Å²) < 4.78 is 1.19. The van der Waals surface area contributed by atoms with Crippen LogP contribution in [0.15, 0.2) is 0 Å². The summed E-state index contributed by atoms with van der Waals surface area (Å²) in [6, 6.07) is 0. The van der Waals surface area contributed by atoms with E-state index in [1.54, 1.807) is 0 Å². The number of quaternary nitrogens is 1. The van der Waals surface area contributed by atoms with Crippen molar-refractivity contribution in [3.8, 4) is 0 Å². The average Bonchev–Trinajstić information content (AvgIpc) is 2.54. The first-order valence-electron chi connectivity index (χ1n) is 10.2. The highest BCUT2D eigenvalue weighted by atomic mass is 16.2. The molecule has 1 N–H and O–H groups in total. The number of carbonyl (C=O) groups is 1. The summed E-state index contributed by atoms with van der Waals surface area (Å²) in [5.74, 6) is 2.98. The molecule has 0 unspecified atom stereocenters. The van der Waals surface area contributed by atoms with E-state index in [0.717, 1.165) is 30.7 Å². The van der Waals surface area contributed by atoms with Crippen molar-refractivity contribution in [2.45, 2.75) is 65.7 Å². The first-order valence-corrected chi connectivity index (χ1v) is 10.2. The average molecular weight is 322 g/mol. The Balaban J connectivity index is 1.48. The Morgan fingerprint density at radius 1 is 0.957 bits per heavy atom. The van der Waals surface area contributed by atoms with Gasteiger partial charge in [0.05, 0.1) is 26.2 Å². The molecule has 1 amide bonds. The Morgan fingerprint density at radius 3 is 1.87 bits per heavy atom. The van der Waals surface area contributed by atoms with Crippen molar-refractivity contribution in [2.24, 2.45) is 23.2 Å². The summed E-state index contributed by atoms with van der Waals surface area (Å²) >= 11 is 0. The summed E-state index contributed by atoms with van der Waals surface area (Å²) in [5.41, 5.74) is 0.0287. The Labute approximate surface area is 142 Å². The second kappa shape index (κ2) is 6.74. The van der Waals surface area contributed by atoms with Crippen molar-refractivity contribution in [3.63, 3.8) is 0 Å². The van der Waals surface area contributed by atoms with Gasteiger partial charge in [-0.1, -0.05) is 0 Å². The molecule has 0 saturated heterocycles. The molecule has 0 atom stereocenters. The van der Waals surface area contributed by atoms with Crippen LogP contribution in [0.3, 0.4) is 0 Å². The van der Waals surface area contributed by atoms with Crippen LogP contribution in [0.5, 0.6) is 0 Å². The summed E-state index contributed by atoms with van der Waals surface area (Å²) in [5, 5.41) is 3.34. The minimum Gasteiger partial charge on any atom is -0.355 e. The van der Waals surface area contributed by atoms with E-state index in [0.29, 0.717) is 5.91 Å². The number of nitrogens with one attached hydrogen (secondary N) is 1. The second-order valence-corrected chi connectivity index (χ2v) is 8.82. The Kier molecular flexibility index (Phi) is 5.06. The summed E-state index contributed by atoms with van der Waals surface area (Å²) in [6.45, 7) is 12.6. The number of hydrogen-bond acceptors (Lipinski definition) is 1. The van der Waals surface area contributed by atoms with Crippen LogP contribution >= 0.6 is 0 Å². The van der Waals surface area contributed by atoms with E-state index < -0.39 is 0 Å². The maximum Gasteiger partial charge on any atom is 0.226 e. The largest absolute Gasteiger partial charge is 0.355 e. The van der Waals surface area contributed by atoms with E-state index in [1.165, 1.54) is 69.2 Å². The van der Waals surface area contributed by atoms with E-state index in [4.69, 9.17) is 0 Å². The van der Waals surface area contributed by atoms with Crippen molar-refractivity contribution in [1.29, 1.82) is 0 Å². The highest BCUT2D eigenvalue weighted by Gasteiger charge is 2.54. The molecule has 4 rings (SSSR count). The molecule has 4 saturated carbocycles. The van der Waals surface area contributed by atoms with Gasteiger partial charge in [0.2, 0.25) is 5.91 Å². The van der Waals surface area contributed by atoms with Gasteiger partial charge < -0.3 is 9.80 Å². The summed E-state index contributed by atoms with van der Waals surface area (Å²) in [7, 11) is 0. The molecular formula is C20H37N2O+. The predicted molar refractivity (Wildman–Crippen MR) is 95.0 cm³/mol. The molecule has 132 valence electrons. The van der Waals surface area contributed by atoms with E-state index >= 15 is 0 Å². The van der Waals surface area contributed by atoms with E-state index in [-0.39, 0.29) is 5.41 Å². The van der Waals surface area contributed by atoms with Crippen LogP contribution in [-0.2, 0) is 4.79 Å². The topological polar surface area (TPSA) is 29.1 Å². The zero-order valence-electron chi connectivity index (χ0n) is 15.6. The lowest BCUT2D eigenvalue weighted by atomic mass is 9.49. The fourth-order valence-corrected chi connectivity index (χ4v) is 6.34. The van der Waals surface area contributed by atoms with Gasteiger partial charge in [-0.2, -0.15) is 0 Å². The Hall–Kier alpha value is -0.570. The molecule has 3 heteroatoms. The fourth-order valence-electron chi connectivity index (χ4n) is 6.34. The highest BCUT2D eigenvalue weighted by molar-refractivity contribution is 5.83. The monoisotopic (exact) mass is 321 g/mol. The van der Waals surface area contributed by atoms with Crippen molar-refractivity contribution < 1.29 is 9.28 Å². The van der Waals surface area contributed by atoms with Crippen LogP contribution in [0.2, 0.25) is 0 Å². The number of carbonyl (C=O) groups excluding carboxylic acids is 1. The molecule has 0 radical (unpaired) electrons. The smallest absolute Gasteiger partial charge is 0.226 e. The zero-order valence-corrected chi connectivity index (χ0v) is 15.6. The second-order valence-electron chi connectivity index (χ2n) is 8.82. The van der Waals surface area contributed by atoms with Crippen molar-refractivity contribution in [1.82, 2.24) is 5.32 Å². The summed E-state index contributed by atoms with van der Waals surface area (Å²) in [4.78, 5) is 12.9. The van der Waals surface area contributed by atoms with Gasteiger partial charge in [0.1, 0.15) is 0 Å². The number of nitrogens with zero attached hydrogens (tertiary/aromatic N) is 1. The van der Waals surface area contributed by atoms with Crippen molar-refractivity contribution in [3.05, 3.63) is 0 Å². The molecule has 0 aromatic heterocycles. The first kappa shape index (κ1) is 17.3. The standard InChI is InChI=1S/C20H36N2O/c1-4-22(5-2,6-3)9-7-8-21-19(23)20-13-16-10-17(14-20)12-18(11-16)15-20/h16-18H,4-15H2,1-3H3/p+1. The molecular weight excluding hydrogens is 284 g/mol. The number of hydrogen-bond donors (Lipinski definition) is 1. The SMILES string of the molecule is CC[N+](CC)(CC)CCCNC(=O)C12CC3CC(CC(C3)C1)C2. The van der Waals surface area contributed by atoms with E-state index in [1.807, 2.05) is 0 Å². The Morgan fingerprint density at radius 2 is 1.43 bits per heavy atom. The number of amides is 1. The van der Waals surface area contributed by atoms with Gasteiger partial charge in [0.25, 0.3) is 0 Å². The molecule has 0 heterocycles. The molecule has 4 fully saturated rings. The first-order chi connectivity index (χ1) is 11.0. The molecule has 0 aliphatic heterocycles. The lowest BCUT2D eigenvalue weighted by Gasteiger charge is -2.55. The minimum absolute atomic E-state index is 0.0287. The Bertz CT molecular complexity index is 384. The normalized spacial score (nSPS) is 35.5. The van der Waals surface area contributed by atoms with Crippen LogP contribution < -0.4 is 5.32 Å². The van der Waals surface area contributed by atoms with Crippen molar-refractivity contribution in [2.75, 3.05) is 32.7 Å². The van der Waals surface area contributed by atoms with Crippen LogP contribution in [0.1, 0.15) is 65.7 Å². The van der Waals surface area contributed by atoms with Gasteiger partial charge in [0, 0.05) is 18.4 Å². The number of rotatable bonds is 8. The molecule has 4 aliphatic rings. The van der Waals surface area contributed by atoms with Gasteiger partial charge in [-0.3, -0.25) is 4.79 Å². The van der Waals surface area contributed by atoms with Gasteiger partial charge >= 0.3 is 0 Å². The third kappa shape index (κ3) is 3.31. The molecule has 4 aliphatic carbocycles. The molecule has 0 spiro atoms. The fraction of sp³-hybridized carbons (Fsp3) is 0.950. The molecule has 3 nitrogen and oxygen atoms in total. The molecule has 0 aromatic carbocycles. The zero-order chi connectivity index (χ0) is 16.5. The van der Waals surface area contributed by atoms with Gasteiger partial charge in [0.15, 0.2) is 0 Å². The van der Waals surface area contributed by atoms with Crippen molar-refractivity contribution >= 4 is 5.91 Å². The van der Waals surface area contributed by atoms with Crippen LogP contribution in [0, 0.1) is 23.2 Å². The molecule has 4 bridgehead atoms.